The topological polar surface area (TPSA) is 127 Å². The normalized spacial score (nSPS) is 11.2. The zero-order chi connectivity index (χ0) is 23.8. The lowest BCUT2D eigenvalue weighted by Gasteiger charge is -2.23. The Hall–Kier alpha value is -3.62. The fraction of sp³-hybridized carbons (Fsp3) is 0.391. The molecule has 32 heavy (non-hydrogen) atoms. The first-order chi connectivity index (χ1) is 15.2. The molecule has 0 aliphatic heterocycles. The van der Waals surface area contributed by atoms with Crippen LogP contribution in [0.3, 0.4) is 0 Å². The standard InChI is InChI=1S/C23H30N4O5/c1-5-6-13-26(19-20(24)27(14-15(2)3)23(31)25-21(19)29)18(28)12-9-16-7-10-17(11-8-16)22(30)32-4/h7-12,15H,5-6,13-14,24H2,1-4H3,(H,25,29,31)/b12-9+. The molecule has 9 heteroatoms. The first kappa shape index (κ1) is 24.6. The number of nitrogen functional groups attached to an aromatic ring is 1. The summed E-state index contributed by atoms with van der Waals surface area (Å²) in [5, 5.41) is 0. The number of anilines is 2. The molecule has 172 valence electrons. The number of hydrogen-bond donors (Lipinski definition) is 2. The van der Waals surface area contributed by atoms with Crippen LogP contribution in [-0.2, 0) is 16.1 Å². The van der Waals surface area contributed by atoms with Gasteiger partial charge >= 0.3 is 11.7 Å². The molecule has 0 radical (unpaired) electrons. The van der Waals surface area contributed by atoms with Gasteiger partial charge in [-0.1, -0.05) is 39.3 Å². The summed E-state index contributed by atoms with van der Waals surface area (Å²) in [4.78, 5) is 53.0. The van der Waals surface area contributed by atoms with Crippen molar-refractivity contribution in [3.63, 3.8) is 0 Å². The number of benzene rings is 1. The number of rotatable bonds is 9. The van der Waals surface area contributed by atoms with E-state index in [1.54, 1.807) is 30.3 Å². The Bertz CT molecular complexity index is 1100. The van der Waals surface area contributed by atoms with Crippen LogP contribution in [0, 0.1) is 5.92 Å². The van der Waals surface area contributed by atoms with Crippen LogP contribution in [0.5, 0.6) is 0 Å². The third kappa shape index (κ3) is 5.96. The minimum atomic E-state index is -0.701. The number of amides is 1. The van der Waals surface area contributed by atoms with Crippen molar-refractivity contribution in [2.75, 3.05) is 24.3 Å². The first-order valence-electron chi connectivity index (χ1n) is 10.5. The van der Waals surface area contributed by atoms with Crippen molar-refractivity contribution in [1.29, 1.82) is 0 Å². The number of H-pyrrole nitrogens is 1. The van der Waals surface area contributed by atoms with Crippen LogP contribution >= 0.6 is 0 Å². The van der Waals surface area contributed by atoms with Gasteiger partial charge in [-0.15, -0.1) is 0 Å². The highest BCUT2D eigenvalue weighted by Gasteiger charge is 2.22. The van der Waals surface area contributed by atoms with E-state index >= 15 is 0 Å². The lowest BCUT2D eigenvalue weighted by molar-refractivity contribution is -0.114. The molecule has 0 saturated carbocycles. The predicted octanol–water partition coefficient (Wildman–Crippen LogP) is 2.41. The molecule has 0 bridgehead atoms. The van der Waals surface area contributed by atoms with Crippen LogP contribution in [-0.4, -0.2) is 35.1 Å². The van der Waals surface area contributed by atoms with Gasteiger partial charge in [0.05, 0.1) is 12.7 Å². The largest absolute Gasteiger partial charge is 0.465 e. The molecule has 0 fully saturated rings. The van der Waals surface area contributed by atoms with Gasteiger partial charge in [0, 0.05) is 19.2 Å². The fourth-order valence-electron chi connectivity index (χ4n) is 3.14. The van der Waals surface area contributed by atoms with Gasteiger partial charge in [0.2, 0.25) is 0 Å². The Morgan fingerprint density at radius 1 is 1.22 bits per heavy atom. The molecule has 0 aliphatic carbocycles. The van der Waals surface area contributed by atoms with Gasteiger partial charge in [-0.05, 0) is 36.1 Å². The Morgan fingerprint density at radius 3 is 2.44 bits per heavy atom. The molecule has 0 aliphatic rings. The van der Waals surface area contributed by atoms with E-state index in [0.29, 0.717) is 24.1 Å². The number of esters is 1. The van der Waals surface area contributed by atoms with Crippen molar-refractivity contribution in [2.24, 2.45) is 5.92 Å². The number of hydrogen-bond acceptors (Lipinski definition) is 6. The van der Waals surface area contributed by atoms with Crippen molar-refractivity contribution in [1.82, 2.24) is 9.55 Å². The molecule has 2 aromatic rings. The monoisotopic (exact) mass is 442 g/mol. The summed E-state index contributed by atoms with van der Waals surface area (Å²) in [5.74, 6) is -0.815. The number of aromatic nitrogens is 2. The van der Waals surface area contributed by atoms with E-state index < -0.39 is 23.1 Å². The second-order valence-corrected chi connectivity index (χ2v) is 7.79. The molecule has 0 saturated heterocycles. The Morgan fingerprint density at radius 2 is 1.88 bits per heavy atom. The second kappa shape index (κ2) is 11.1. The number of nitrogens with one attached hydrogen (secondary N) is 1. The Labute approximate surface area is 186 Å². The molecule has 2 rings (SSSR count). The third-order valence-corrected chi connectivity index (χ3v) is 4.78. The van der Waals surface area contributed by atoms with Gasteiger partial charge in [-0.2, -0.15) is 0 Å². The van der Waals surface area contributed by atoms with Crippen LogP contribution in [0.15, 0.2) is 39.9 Å². The SMILES string of the molecule is CCCCN(C(=O)/C=C/c1ccc(C(=O)OC)cc1)c1c(N)n(CC(C)C)c(=O)[nH]c1=O. The quantitative estimate of drug-likeness (QED) is 0.453. The van der Waals surface area contributed by atoms with E-state index in [9.17, 15) is 19.2 Å². The summed E-state index contributed by atoms with van der Waals surface area (Å²) >= 11 is 0. The lowest BCUT2D eigenvalue weighted by atomic mass is 10.1. The number of carbonyl (C=O) groups excluding carboxylic acids is 2. The van der Waals surface area contributed by atoms with E-state index in [1.807, 2.05) is 20.8 Å². The molecule has 0 unspecified atom stereocenters. The molecule has 9 nitrogen and oxygen atoms in total. The van der Waals surface area contributed by atoms with Gasteiger partial charge in [0.25, 0.3) is 11.5 Å². The number of nitrogens with two attached hydrogens (primary N) is 1. The zero-order valence-electron chi connectivity index (χ0n) is 18.9. The average molecular weight is 443 g/mol. The number of ether oxygens (including phenoxy) is 1. The second-order valence-electron chi connectivity index (χ2n) is 7.79. The Kier molecular flexibility index (Phi) is 8.57. The number of methoxy groups -OCH3 is 1. The molecule has 1 heterocycles. The minimum absolute atomic E-state index is 0.0330. The number of nitrogens with zero attached hydrogens (tertiary/aromatic N) is 2. The van der Waals surface area contributed by atoms with E-state index in [2.05, 4.69) is 9.72 Å². The Balaban J connectivity index is 2.40. The van der Waals surface area contributed by atoms with Crippen LogP contribution in [0.1, 0.15) is 49.5 Å². The van der Waals surface area contributed by atoms with Crippen molar-refractivity contribution >= 4 is 29.5 Å². The van der Waals surface area contributed by atoms with Crippen LogP contribution < -0.4 is 21.9 Å². The molecule has 0 atom stereocenters. The smallest absolute Gasteiger partial charge is 0.337 e. The maximum Gasteiger partial charge on any atom is 0.337 e. The highest BCUT2D eigenvalue weighted by atomic mass is 16.5. The van der Waals surface area contributed by atoms with E-state index in [1.165, 1.54) is 22.7 Å². The first-order valence-corrected chi connectivity index (χ1v) is 10.5. The molecule has 0 spiro atoms. The minimum Gasteiger partial charge on any atom is -0.465 e. The van der Waals surface area contributed by atoms with Crippen molar-refractivity contribution in [3.05, 3.63) is 62.3 Å². The number of aromatic amines is 1. The van der Waals surface area contributed by atoms with Crippen molar-refractivity contribution < 1.29 is 14.3 Å². The maximum atomic E-state index is 13.0. The molecule has 1 aromatic heterocycles. The zero-order valence-corrected chi connectivity index (χ0v) is 18.9. The molecule has 3 N–H and O–H groups in total. The van der Waals surface area contributed by atoms with E-state index in [4.69, 9.17) is 5.73 Å². The molecular formula is C23H30N4O5. The summed E-state index contributed by atoms with van der Waals surface area (Å²) < 4.78 is 5.95. The summed E-state index contributed by atoms with van der Waals surface area (Å²) in [5.41, 5.74) is 5.94. The third-order valence-electron chi connectivity index (χ3n) is 4.78. The maximum absolute atomic E-state index is 13.0. The van der Waals surface area contributed by atoms with Gasteiger partial charge in [-0.25, -0.2) is 9.59 Å². The van der Waals surface area contributed by atoms with Crippen LogP contribution in [0.4, 0.5) is 11.5 Å². The average Bonchev–Trinajstić information content (AvgIpc) is 2.76. The molecule has 1 amide bonds. The van der Waals surface area contributed by atoms with Gasteiger partial charge in [-0.3, -0.25) is 19.1 Å². The highest BCUT2D eigenvalue weighted by Crippen LogP contribution is 2.19. The van der Waals surface area contributed by atoms with Crippen molar-refractivity contribution in [3.8, 4) is 0 Å². The summed E-state index contributed by atoms with van der Waals surface area (Å²) in [6, 6.07) is 6.54. The van der Waals surface area contributed by atoms with Gasteiger partial charge < -0.3 is 15.4 Å². The van der Waals surface area contributed by atoms with Gasteiger partial charge in [0.1, 0.15) is 5.82 Å². The number of carbonyl (C=O) groups is 2. The fourth-order valence-corrected chi connectivity index (χ4v) is 3.14. The summed E-state index contributed by atoms with van der Waals surface area (Å²) in [6.45, 7) is 6.39. The van der Waals surface area contributed by atoms with Crippen LogP contribution in [0.2, 0.25) is 0 Å². The highest BCUT2D eigenvalue weighted by molar-refractivity contribution is 6.05. The molecule has 1 aromatic carbocycles. The van der Waals surface area contributed by atoms with Gasteiger partial charge in [0.15, 0.2) is 5.69 Å². The van der Waals surface area contributed by atoms with E-state index in [-0.39, 0.29) is 24.0 Å². The number of unbranched alkanes of at least 4 members (excludes halogenated alkanes) is 1. The van der Waals surface area contributed by atoms with E-state index in [0.717, 1.165) is 6.42 Å². The predicted molar refractivity (Wildman–Crippen MR) is 125 cm³/mol. The lowest BCUT2D eigenvalue weighted by Crippen LogP contribution is -2.41. The summed E-state index contributed by atoms with van der Waals surface area (Å²) in [7, 11) is 1.30. The summed E-state index contributed by atoms with van der Waals surface area (Å²) in [6.07, 6.45) is 4.36. The molecular weight excluding hydrogens is 412 g/mol. The van der Waals surface area contributed by atoms with Crippen LogP contribution in [0.25, 0.3) is 6.08 Å². The van der Waals surface area contributed by atoms with Crippen molar-refractivity contribution in [2.45, 2.75) is 40.2 Å².